The molecule has 1 atom stereocenters. The molecule has 1 aliphatic heterocycles. The van der Waals surface area contributed by atoms with Crippen molar-refractivity contribution in [1.82, 2.24) is 9.78 Å². The number of carbonyl (C=O) groups excluding carboxylic acids is 2. The van der Waals surface area contributed by atoms with Crippen molar-refractivity contribution >= 4 is 33.0 Å². The molecule has 2 amide bonds. The zero-order chi connectivity index (χ0) is 18.9. The molecule has 1 unspecified atom stereocenters. The second kappa shape index (κ2) is 6.91. The highest BCUT2D eigenvalue weighted by Crippen LogP contribution is 2.26. The topological polar surface area (TPSA) is 110 Å². The Labute approximate surface area is 151 Å². The number of nitrogens with zero attached hydrogens (tertiary/aromatic N) is 2. The van der Waals surface area contributed by atoms with E-state index in [-0.39, 0.29) is 29.4 Å². The number of carbonyl (C=O) groups is 2. The van der Waals surface area contributed by atoms with E-state index in [1.807, 2.05) is 0 Å². The number of sulfone groups is 1. The first kappa shape index (κ1) is 18.1. The Kier molecular flexibility index (Phi) is 4.82. The van der Waals surface area contributed by atoms with E-state index in [4.69, 9.17) is 0 Å². The minimum Gasteiger partial charge on any atom is -0.326 e. The molecular formula is C17H20N4O4S. The predicted molar refractivity (Wildman–Crippen MR) is 98.0 cm³/mol. The molecule has 1 saturated heterocycles. The van der Waals surface area contributed by atoms with Gasteiger partial charge in [0.2, 0.25) is 5.91 Å². The second-order valence-corrected chi connectivity index (χ2v) is 8.59. The normalized spacial score (nSPS) is 18.5. The number of aromatic nitrogens is 2. The van der Waals surface area contributed by atoms with E-state index >= 15 is 0 Å². The summed E-state index contributed by atoms with van der Waals surface area (Å²) in [4.78, 5) is 23.7. The molecule has 0 spiro atoms. The van der Waals surface area contributed by atoms with Crippen LogP contribution in [0.4, 0.5) is 11.4 Å². The van der Waals surface area contributed by atoms with Crippen molar-refractivity contribution in [2.75, 3.05) is 22.1 Å². The molecule has 8 nitrogen and oxygen atoms in total. The maximum Gasteiger partial charge on any atom is 0.259 e. The SMILES string of the molecule is CC(=O)Nc1cccc(NC(=O)c2cnn(C3CCS(=O)(=O)C3)c2C)c1. The van der Waals surface area contributed by atoms with E-state index in [1.54, 1.807) is 35.9 Å². The molecule has 1 aromatic carbocycles. The fraction of sp³-hybridized carbons (Fsp3) is 0.353. The standard InChI is InChI=1S/C17H20N4O4S/c1-11-16(9-18-21(11)15-6-7-26(24,25)10-15)17(23)20-14-5-3-4-13(8-14)19-12(2)22/h3-5,8-9,15H,6-7,10H2,1-2H3,(H,19,22)(H,20,23). The number of hydrogen-bond donors (Lipinski definition) is 2. The highest BCUT2D eigenvalue weighted by atomic mass is 32.2. The van der Waals surface area contributed by atoms with Crippen molar-refractivity contribution in [3.8, 4) is 0 Å². The van der Waals surface area contributed by atoms with E-state index in [0.29, 0.717) is 29.1 Å². The molecule has 2 aromatic rings. The number of anilines is 2. The highest BCUT2D eigenvalue weighted by Gasteiger charge is 2.31. The third-order valence-corrected chi connectivity index (χ3v) is 6.03. The van der Waals surface area contributed by atoms with Crippen molar-refractivity contribution in [2.24, 2.45) is 0 Å². The summed E-state index contributed by atoms with van der Waals surface area (Å²) in [5, 5.41) is 9.64. The lowest BCUT2D eigenvalue weighted by Gasteiger charge is -2.12. The van der Waals surface area contributed by atoms with Crippen LogP contribution in [0.15, 0.2) is 30.5 Å². The molecule has 3 rings (SSSR count). The number of amides is 2. The van der Waals surface area contributed by atoms with Crippen LogP contribution in [0, 0.1) is 6.92 Å². The van der Waals surface area contributed by atoms with Crippen molar-refractivity contribution in [2.45, 2.75) is 26.3 Å². The fourth-order valence-electron chi connectivity index (χ4n) is 3.06. The Morgan fingerprint density at radius 3 is 2.54 bits per heavy atom. The third kappa shape index (κ3) is 3.93. The summed E-state index contributed by atoms with van der Waals surface area (Å²) >= 11 is 0. The first-order valence-electron chi connectivity index (χ1n) is 8.19. The minimum atomic E-state index is -3.03. The van der Waals surface area contributed by atoms with Gasteiger partial charge in [-0.05, 0) is 31.5 Å². The fourth-order valence-corrected chi connectivity index (χ4v) is 4.75. The van der Waals surface area contributed by atoms with Gasteiger partial charge in [-0.15, -0.1) is 0 Å². The van der Waals surface area contributed by atoms with Crippen LogP contribution in [0.1, 0.15) is 35.4 Å². The van der Waals surface area contributed by atoms with Crippen molar-refractivity contribution < 1.29 is 18.0 Å². The average Bonchev–Trinajstić information content (AvgIpc) is 3.09. The Hall–Kier alpha value is -2.68. The zero-order valence-electron chi connectivity index (χ0n) is 14.5. The lowest BCUT2D eigenvalue weighted by Crippen LogP contribution is -2.16. The summed E-state index contributed by atoms with van der Waals surface area (Å²) < 4.78 is 24.9. The molecule has 0 radical (unpaired) electrons. The molecule has 9 heteroatoms. The summed E-state index contributed by atoms with van der Waals surface area (Å²) in [6.45, 7) is 3.16. The maximum absolute atomic E-state index is 12.6. The summed E-state index contributed by atoms with van der Waals surface area (Å²) in [7, 11) is -3.03. The van der Waals surface area contributed by atoms with Crippen molar-refractivity contribution in [3.05, 3.63) is 41.7 Å². The van der Waals surface area contributed by atoms with E-state index in [0.717, 1.165) is 0 Å². The van der Waals surface area contributed by atoms with Crippen LogP contribution >= 0.6 is 0 Å². The third-order valence-electron chi connectivity index (χ3n) is 4.28. The quantitative estimate of drug-likeness (QED) is 0.845. The van der Waals surface area contributed by atoms with E-state index in [9.17, 15) is 18.0 Å². The lowest BCUT2D eigenvalue weighted by atomic mass is 10.2. The second-order valence-electron chi connectivity index (χ2n) is 6.36. The van der Waals surface area contributed by atoms with Gasteiger partial charge in [0.05, 0.1) is 29.3 Å². The summed E-state index contributed by atoms with van der Waals surface area (Å²) in [6, 6.07) is 6.58. The number of hydrogen-bond acceptors (Lipinski definition) is 5. The number of rotatable bonds is 4. The molecule has 0 aliphatic carbocycles. The Morgan fingerprint density at radius 1 is 1.23 bits per heavy atom. The summed E-state index contributed by atoms with van der Waals surface area (Å²) in [6.07, 6.45) is 1.96. The van der Waals surface area contributed by atoms with Gasteiger partial charge in [-0.3, -0.25) is 14.3 Å². The van der Waals surface area contributed by atoms with Gasteiger partial charge in [-0.1, -0.05) is 6.07 Å². The smallest absolute Gasteiger partial charge is 0.259 e. The van der Waals surface area contributed by atoms with Gasteiger partial charge in [0.25, 0.3) is 5.91 Å². The first-order valence-corrected chi connectivity index (χ1v) is 10.0. The molecule has 26 heavy (non-hydrogen) atoms. The molecular weight excluding hydrogens is 356 g/mol. The van der Waals surface area contributed by atoms with Gasteiger partial charge >= 0.3 is 0 Å². The highest BCUT2D eigenvalue weighted by molar-refractivity contribution is 7.91. The summed E-state index contributed by atoms with van der Waals surface area (Å²) in [5.74, 6) is -0.337. The Balaban J connectivity index is 1.76. The van der Waals surface area contributed by atoms with Crippen molar-refractivity contribution in [3.63, 3.8) is 0 Å². The molecule has 2 heterocycles. The van der Waals surface area contributed by atoms with Crippen LogP contribution in [0.25, 0.3) is 0 Å². The zero-order valence-corrected chi connectivity index (χ0v) is 15.3. The van der Waals surface area contributed by atoms with E-state index < -0.39 is 9.84 Å². The molecule has 0 bridgehead atoms. The monoisotopic (exact) mass is 376 g/mol. The van der Waals surface area contributed by atoms with Gasteiger partial charge in [0.15, 0.2) is 9.84 Å². The number of nitrogens with one attached hydrogen (secondary N) is 2. The molecule has 1 aromatic heterocycles. The number of benzene rings is 1. The molecule has 1 fully saturated rings. The van der Waals surface area contributed by atoms with Gasteiger partial charge < -0.3 is 10.6 Å². The maximum atomic E-state index is 12.6. The van der Waals surface area contributed by atoms with Crippen LogP contribution in [0.3, 0.4) is 0 Å². The predicted octanol–water partition coefficient (Wildman–Crippen LogP) is 1.76. The molecule has 0 saturated carbocycles. The van der Waals surface area contributed by atoms with Gasteiger partial charge in [0, 0.05) is 24.0 Å². The van der Waals surface area contributed by atoms with Crippen molar-refractivity contribution in [1.29, 1.82) is 0 Å². The largest absolute Gasteiger partial charge is 0.326 e. The average molecular weight is 376 g/mol. The molecule has 138 valence electrons. The van der Waals surface area contributed by atoms with E-state index in [1.165, 1.54) is 13.1 Å². The molecule has 2 N–H and O–H groups in total. The lowest BCUT2D eigenvalue weighted by molar-refractivity contribution is -0.114. The van der Waals surface area contributed by atoms with Gasteiger partial charge in [0.1, 0.15) is 0 Å². The van der Waals surface area contributed by atoms with E-state index in [2.05, 4.69) is 15.7 Å². The van der Waals surface area contributed by atoms with Crippen LogP contribution in [0.2, 0.25) is 0 Å². The first-order chi connectivity index (χ1) is 12.2. The van der Waals surface area contributed by atoms with Crippen LogP contribution in [0.5, 0.6) is 0 Å². The Bertz CT molecular complexity index is 965. The van der Waals surface area contributed by atoms with Crippen LogP contribution < -0.4 is 10.6 Å². The van der Waals surface area contributed by atoms with Gasteiger partial charge in [-0.2, -0.15) is 5.10 Å². The minimum absolute atomic E-state index is 0.0509. The van der Waals surface area contributed by atoms with Crippen LogP contribution in [-0.2, 0) is 14.6 Å². The van der Waals surface area contributed by atoms with Gasteiger partial charge in [-0.25, -0.2) is 8.42 Å². The molecule has 1 aliphatic rings. The summed E-state index contributed by atoms with van der Waals surface area (Å²) in [5.41, 5.74) is 2.14. The Morgan fingerprint density at radius 2 is 1.92 bits per heavy atom. The van der Waals surface area contributed by atoms with Crippen LogP contribution in [-0.4, -0.2) is 41.5 Å².